The molecule has 1 amide bonds. The van der Waals surface area contributed by atoms with Crippen LogP contribution in [0.3, 0.4) is 0 Å². The number of carbonyl (C=O) groups is 1. The molecule has 0 saturated carbocycles. The second-order valence-corrected chi connectivity index (χ2v) is 5.83. The van der Waals surface area contributed by atoms with Crippen molar-refractivity contribution in [3.05, 3.63) is 49.2 Å². The number of para-hydroxylation sites is 1. The van der Waals surface area contributed by atoms with Crippen LogP contribution in [-0.4, -0.2) is 47.3 Å². The number of piperidine rings is 1. The zero-order valence-corrected chi connectivity index (χ0v) is 14.2. The van der Waals surface area contributed by atoms with Gasteiger partial charge in [-0.05, 0) is 12.1 Å². The van der Waals surface area contributed by atoms with Gasteiger partial charge < -0.3 is 14.4 Å². The van der Waals surface area contributed by atoms with Gasteiger partial charge in [0.1, 0.15) is 11.9 Å². The van der Waals surface area contributed by atoms with Crippen LogP contribution in [0, 0.1) is 0 Å². The molecule has 1 saturated heterocycles. The van der Waals surface area contributed by atoms with E-state index >= 15 is 0 Å². The Hall–Kier alpha value is -2.89. The quantitative estimate of drug-likeness (QED) is 0.784. The van der Waals surface area contributed by atoms with Crippen LogP contribution in [0.1, 0.15) is 12.8 Å². The monoisotopic (exact) mass is 339 g/mol. The summed E-state index contributed by atoms with van der Waals surface area (Å²) in [6.07, 6.45) is 4.59. The first-order chi connectivity index (χ1) is 12.2. The minimum absolute atomic E-state index is 0.0242. The fourth-order valence-electron chi connectivity index (χ4n) is 2.93. The lowest BCUT2D eigenvalue weighted by atomic mass is 10.1. The maximum absolute atomic E-state index is 11.6. The van der Waals surface area contributed by atoms with Crippen LogP contribution < -0.4 is 9.47 Å². The molecule has 1 aromatic carbocycles. The number of ether oxygens (including phenoxy) is 2. The third-order valence-electron chi connectivity index (χ3n) is 4.27. The first-order valence-electron chi connectivity index (χ1n) is 8.25. The first-order valence-corrected chi connectivity index (χ1v) is 8.25. The molecule has 0 atom stereocenters. The molecule has 3 rings (SSSR count). The standard InChI is InChI=1S/C19H21N3O3/c1-3-19(23)22-10-8-15(9-11-22)25-18-12-14(13-20-21-18)16-6-4-5-7-17(16)24-2/h3-7,12-13,15H,1,8-11H2,2H3. The Morgan fingerprint density at radius 2 is 2.08 bits per heavy atom. The van der Waals surface area contributed by atoms with E-state index in [0.717, 1.165) is 29.7 Å². The van der Waals surface area contributed by atoms with Crippen molar-refractivity contribution in [3.8, 4) is 22.8 Å². The van der Waals surface area contributed by atoms with Crippen molar-refractivity contribution in [1.29, 1.82) is 0 Å². The molecule has 0 N–H and O–H groups in total. The highest BCUT2D eigenvalue weighted by atomic mass is 16.5. The number of likely N-dealkylation sites (tertiary alicyclic amines) is 1. The van der Waals surface area contributed by atoms with Crippen molar-refractivity contribution in [2.24, 2.45) is 0 Å². The molecule has 0 unspecified atom stereocenters. The minimum Gasteiger partial charge on any atom is -0.496 e. The second-order valence-electron chi connectivity index (χ2n) is 5.83. The van der Waals surface area contributed by atoms with Crippen molar-refractivity contribution in [2.75, 3.05) is 20.2 Å². The highest BCUT2D eigenvalue weighted by Gasteiger charge is 2.23. The Balaban J connectivity index is 1.69. The minimum atomic E-state index is -0.0311. The lowest BCUT2D eigenvalue weighted by Gasteiger charge is -2.31. The molecule has 0 spiro atoms. The SMILES string of the molecule is C=CC(=O)N1CCC(Oc2cc(-c3ccccc3OC)cnn2)CC1. The fraction of sp³-hybridized carbons (Fsp3) is 0.316. The van der Waals surface area contributed by atoms with E-state index in [-0.39, 0.29) is 12.0 Å². The van der Waals surface area contributed by atoms with Gasteiger partial charge in [-0.3, -0.25) is 4.79 Å². The average molecular weight is 339 g/mol. The summed E-state index contributed by atoms with van der Waals surface area (Å²) in [5, 5.41) is 8.13. The van der Waals surface area contributed by atoms with Crippen LogP contribution in [0.5, 0.6) is 11.6 Å². The lowest BCUT2D eigenvalue weighted by molar-refractivity contribution is -0.127. The van der Waals surface area contributed by atoms with Crippen molar-refractivity contribution in [2.45, 2.75) is 18.9 Å². The van der Waals surface area contributed by atoms with E-state index in [1.807, 2.05) is 30.3 Å². The molecule has 1 aromatic heterocycles. The molecule has 130 valence electrons. The molecule has 2 heterocycles. The van der Waals surface area contributed by atoms with Gasteiger partial charge in [-0.25, -0.2) is 0 Å². The Kier molecular flexibility index (Phi) is 5.28. The summed E-state index contributed by atoms with van der Waals surface area (Å²) >= 11 is 0. The molecular formula is C19H21N3O3. The summed E-state index contributed by atoms with van der Waals surface area (Å²) in [5.74, 6) is 1.23. The van der Waals surface area contributed by atoms with Gasteiger partial charge in [-0.15, -0.1) is 5.10 Å². The van der Waals surface area contributed by atoms with Gasteiger partial charge in [0.15, 0.2) is 0 Å². The third kappa shape index (κ3) is 3.96. The smallest absolute Gasteiger partial charge is 0.245 e. The maximum Gasteiger partial charge on any atom is 0.245 e. The molecule has 25 heavy (non-hydrogen) atoms. The van der Waals surface area contributed by atoms with E-state index < -0.39 is 0 Å². The summed E-state index contributed by atoms with van der Waals surface area (Å²) in [4.78, 5) is 13.4. The van der Waals surface area contributed by atoms with E-state index in [0.29, 0.717) is 19.0 Å². The number of benzene rings is 1. The first kappa shape index (κ1) is 17.0. The maximum atomic E-state index is 11.6. The molecule has 0 radical (unpaired) electrons. The number of carbonyl (C=O) groups excluding carboxylic acids is 1. The number of hydrogen-bond donors (Lipinski definition) is 0. The number of hydrogen-bond acceptors (Lipinski definition) is 5. The van der Waals surface area contributed by atoms with Crippen LogP contribution >= 0.6 is 0 Å². The van der Waals surface area contributed by atoms with Gasteiger partial charge in [-0.2, -0.15) is 5.10 Å². The predicted molar refractivity (Wildman–Crippen MR) is 94.4 cm³/mol. The molecule has 0 aliphatic carbocycles. The van der Waals surface area contributed by atoms with Crippen LogP contribution in [-0.2, 0) is 4.79 Å². The largest absolute Gasteiger partial charge is 0.496 e. The second kappa shape index (κ2) is 7.79. The summed E-state index contributed by atoms with van der Waals surface area (Å²) in [5.41, 5.74) is 1.83. The Morgan fingerprint density at radius 3 is 2.80 bits per heavy atom. The van der Waals surface area contributed by atoms with E-state index in [1.165, 1.54) is 6.08 Å². The molecule has 6 nitrogen and oxygen atoms in total. The zero-order valence-electron chi connectivity index (χ0n) is 14.2. The van der Waals surface area contributed by atoms with Crippen molar-refractivity contribution >= 4 is 5.91 Å². The van der Waals surface area contributed by atoms with Crippen molar-refractivity contribution in [1.82, 2.24) is 15.1 Å². The summed E-state index contributed by atoms with van der Waals surface area (Å²) in [6, 6.07) is 9.62. The topological polar surface area (TPSA) is 64.6 Å². The summed E-state index contributed by atoms with van der Waals surface area (Å²) in [6.45, 7) is 4.85. The van der Waals surface area contributed by atoms with E-state index in [4.69, 9.17) is 9.47 Å². The Morgan fingerprint density at radius 1 is 1.32 bits per heavy atom. The van der Waals surface area contributed by atoms with Crippen LogP contribution in [0.25, 0.3) is 11.1 Å². The van der Waals surface area contributed by atoms with Crippen LogP contribution in [0.4, 0.5) is 0 Å². The van der Waals surface area contributed by atoms with Crippen LogP contribution in [0.2, 0.25) is 0 Å². The lowest BCUT2D eigenvalue weighted by Crippen LogP contribution is -2.41. The fourth-order valence-corrected chi connectivity index (χ4v) is 2.93. The van der Waals surface area contributed by atoms with E-state index in [9.17, 15) is 4.79 Å². The van der Waals surface area contributed by atoms with Gasteiger partial charge in [0, 0.05) is 43.1 Å². The molecule has 1 aliphatic heterocycles. The molecule has 0 bridgehead atoms. The van der Waals surface area contributed by atoms with Crippen molar-refractivity contribution < 1.29 is 14.3 Å². The number of rotatable bonds is 5. The zero-order chi connectivity index (χ0) is 17.6. The van der Waals surface area contributed by atoms with Crippen molar-refractivity contribution in [3.63, 3.8) is 0 Å². The summed E-state index contributed by atoms with van der Waals surface area (Å²) in [7, 11) is 1.64. The highest BCUT2D eigenvalue weighted by Crippen LogP contribution is 2.30. The van der Waals surface area contributed by atoms with E-state index in [1.54, 1.807) is 18.2 Å². The predicted octanol–water partition coefficient (Wildman–Crippen LogP) is 2.71. The van der Waals surface area contributed by atoms with Gasteiger partial charge in [0.2, 0.25) is 11.8 Å². The van der Waals surface area contributed by atoms with Gasteiger partial charge in [0.05, 0.1) is 13.3 Å². The van der Waals surface area contributed by atoms with Gasteiger partial charge in [-0.1, -0.05) is 24.8 Å². The number of amides is 1. The summed E-state index contributed by atoms with van der Waals surface area (Å²) < 4.78 is 11.4. The molecule has 2 aromatic rings. The number of aromatic nitrogens is 2. The number of nitrogens with zero attached hydrogens (tertiary/aromatic N) is 3. The third-order valence-corrected chi connectivity index (χ3v) is 4.27. The van der Waals surface area contributed by atoms with Gasteiger partial charge in [0.25, 0.3) is 0 Å². The number of methoxy groups -OCH3 is 1. The molecule has 6 heteroatoms. The molecule has 1 fully saturated rings. The normalized spacial score (nSPS) is 14.8. The van der Waals surface area contributed by atoms with Crippen LogP contribution in [0.15, 0.2) is 49.2 Å². The molecule has 1 aliphatic rings. The highest BCUT2D eigenvalue weighted by molar-refractivity contribution is 5.87. The average Bonchev–Trinajstić information content (AvgIpc) is 2.68. The van der Waals surface area contributed by atoms with E-state index in [2.05, 4.69) is 16.8 Å². The molecular weight excluding hydrogens is 318 g/mol. The Labute approximate surface area is 147 Å². The Bertz CT molecular complexity index is 755. The van der Waals surface area contributed by atoms with Gasteiger partial charge >= 0.3 is 0 Å².